The molecule has 0 fully saturated rings. The molecule has 0 bridgehead atoms. The van der Waals surface area contributed by atoms with Crippen molar-refractivity contribution in [1.29, 1.82) is 0 Å². The molecule has 0 amide bonds. The van der Waals surface area contributed by atoms with Crippen molar-refractivity contribution in [3.05, 3.63) is 0 Å². The molecule has 112 heavy (non-hydrogen) atoms. The molecular weight excluding hydrogens is 1450 g/mol. The van der Waals surface area contributed by atoms with Gasteiger partial charge in [0.25, 0.3) is 0 Å². The van der Waals surface area contributed by atoms with Crippen LogP contribution in [0.25, 0.3) is 0 Å². The molecule has 0 aromatic carbocycles. The Morgan fingerprint density at radius 3 is 0.607 bits per heavy atom. The van der Waals surface area contributed by atoms with Crippen molar-refractivity contribution in [2.75, 3.05) is 39.6 Å². The number of phosphoric ester groups is 2. The van der Waals surface area contributed by atoms with E-state index in [9.17, 15) is 43.2 Å². The number of hydrogen-bond donors (Lipinski definition) is 3. The van der Waals surface area contributed by atoms with E-state index < -0.39 is 97.5 Å². The average molecular weight is 1630 g/mol. The Bertz CT molecular complexity index is 2120. The van der Waals surface area contributed by atoms with Gasteiger partial charge in [-0.2, -0.15) is 0 Å². The molecule has 19 heteroatoms. The lowest BCUT2D eigenvalue weighted by Gasteiger charge is -2.21. The first-order valence-corrected chi connectivity index (χ1v) is 51.1. The normalized spacial score (nSPS) is 13.7. The smallest absolute Gasteiger partial charge is 0.462 e. The maximum atomic E-state index is 13.2. The van der Waals surface area contributed by atoms with E-state index in [0.717, 1.165) is 95.8 Å². The Balaban J connectivity index is 5.25. The summed E-state index contributed by atoms with van der Waals surface area (Å²) in [6.45, 7) is 7.43. The third-order valence-electron chi connectivity index (χ3n) is 22.0. The first-order chi connectivity index (χ1) is 54.5. The van der Waals surface area contributed by atoms with Crippen molar-refractivity contribution < 1.29 is 80.2 Å². The third kappa shape index (κ3) is 85.9. The number of rotatable bonds is 93. The van der Waals surface area contributed by atoms with Crippen LogP contribution in [0.1, 0.15) is 510 Å². The summed E-state index contributed by atoms with van der Waals surface area (Å²) in [5, 5.41) is 10.7. The molecule has 0 aliphatic heterocycles. The number of esters is 4. The molecular formula is C93H182O17P2. The van der Waals surface area contributed by atoms with Crippen molar-refractivity contribution in [3.8, 4) is 0 Å². The minimum absolute atomic E-state index is 0.109. The van der Waals surface area contributed by atoms with Crippen molar-refractivity contribution in [1.82, 2.24) is 0 Å². The number of carbonyl (C=O) groups excluding carboxylic acids is 4. The van der Waals surface area contributed by atoms with Gasteiger partial charge in [0, 0.05) is 25.7 Å². The van der Waals surface area contributed by atoms with E-state index in [-0.39, 0.29) is 25.7 Å². The van der Waals surface area contributed by atoms with Gasteiger partial charge in [-0.1, -0.05) is 458 Å². The highest BCUT2D eigenvalue weighted by Crippen LogP contribution is 2.45. The Morgan fingerprint density at radius 1 is 0.241 bits per heavy atom. The van der Waals surface area contributed by atoms with Gasteiger partial charge in [0.15, 0.2) is 12.2 Å². The molecule has 17 nitrogen and oxygen atoms in total. The molecule has 0 aliphatic carbocycles. The molecule has 0 aromatic heterocycles. The van der Waals surface area contributed by atoms with Gasteiger partial charge in [-0.05, 0) is 31.6 Å². The second kappa shape index (κ2) is 85.5. The SMILES string of the molecule is CCCCCCCCCCCCCCCCCCCCCCCCC(=O)O[C@H](COC(=O)CCCCCCCCCCCCCCCCCCCCCC)COP(=O)(O)OC[C@@H](O)COP(=O)(O)OC[C@@H](COC(=O)CCCCCCCCCCCCCCC)OC(=O)CCCCCCCCCCCCCCCCC(C)C. The van der Waals surface area contributed by atoms with Crippen molar-refractivity contribution in [2.45, 2.75) is 528 Å². The summed E-state index contributed by atoms with van der Waals surface area (Å²) in [7, 11) is -9.94. The van der Waals surface area contributed by atoms with E-state index in [0.29, 0.717) is 25.7 Å². The van der Waals surface area contributed by atoms with Gasteiger partial charge in [-0.15, -0.1) is 0 Å². The molecule has 0 radical (unpaired) electrons. The lowest BCUT2D eigenvalue weighted by atomic mass is 10.0. The Labute approximate surface area is 689 Å². The topological polar surface area (TPSA) is 237 Å². The van der Waals surface area contributed by atoms with E-state index in [4.69, 9.17) is 37.0 Å². The largest absolute Gasteiger partial charge is 0.472 e. The molecule has 666 valence electrons. The predicted octanol–water partition coefficient (Wildman–Crippen LogP) is 29.1. The molecule has 0 rings (SSSR count). The second-order valence-corrected chi connectivity index (χ2v) is 36.8. The number of carbonyl (C=O) groups is 4. The molecule has 0 saturated carbocycles. The maximum Gasteiger partial charge on any atom is 0.472 e. The average Bonchev–Trinajstić information content (AvgIpc) is 0.894. The van der Waals surface area contributed by atoms with Crippen LogP contribution in [-0.4, -0.2) is 96.7 Å². The Hall–Kier alpha value is -1.94. The van der Waals surface area contributed by atoms with Crippen molar-refractivity contribution >= 4 is 39.5 Å². The van der Waals surface area contributed by atoms with Gasteiger partial charge < -0.3 is 33.8 Å². The fraction of sp³-hybridized carbons (Fsp3) is 0.957. The summed E-state index contributed by atoms with van der Waals surface area (Å²) < 4.78 is 69.2. The van der Waals surface area contributed by atoms with Gasteiger partial charge in [-0.25, -0.2) is 9.13 Å². The van der Waals surface area contributed by atoms with Crippen LogP contribution >= 0.6 is 15.6 Å². The fourth-order valence-corrected chi connectivity index (χ4v) is 16.3. The first-order valence-electron chi connectivity index (χ1n) is 48.1. The molecule has 2 unspecified atom stereocenters. The first kappa shape index (κ1) is 110. The van der Waals surface area contributed by atoms with Gasteiger partial charge in [-0.3, -0.25) is 37.3 Å². The van der Waals surface area contributed by atoms with Gasteiger partial charge >= 0.3 is 39.5 Å². The zero-order valence-corrected chi connectivity index (χ0v) is 75.6. The third-order valence-corrected chi connectivity index (χ3v) is 23.9. The van der Waals surface area contributed by atoms with Crippen LogP contribution in [0.3, 0.4) is 0 Å². The number of ether oxygens (including phenoxy) is 4. The summed E-state index contributed by atoms with van der Waals surface area (Å²) in [4.78, 5) is 73.5. The van der Waals surface area contributed by atoms with E-state index in [1.54, 1.807) is 0 Å². The van der Waals surface area contributed by atoms with E-state index in [2.05, 4.69) is 34.6 Å². The van der Waals surface area contributed by atoms with Crippen LogP contribution in [-0.2, 0) is 65.4 Å². The van der Waals surface area contributed by atoms with Crippen LogP contribution in [0, 0.1) is 5.92 Å². The number of aliphatic hydroxyl groups excluding tert-OH is 1. The maximum absolute atomic E-state index is 13.2. The van der Waals surface area contributed by atoms with Gasteiger partial charge in [0.05, 0.1) is 26.4 Å². The van der Waals surface area contributed by atoms with Crippen LogP contribution in [0.5, 0.6) is 0 Å². The molecule has 0 heterocycles. The highest BCUT2D eigenvalue weighted by molar-refractivity contribution is 7.47. The van der Waals surface area contributed by atoms with Gasteiger partial charge in [0.1, 0.15) is 19.3 Å². The summed E-state index contributed by atoms with van der Waals surface area (Å²) in [6.07, 6.45) is 82.0. The summed E-state index contributed by atoms with van der Waals surface area (Å²) in [6, 6.07) is 0. The molecule has 0 spiro atoms. The molecule has 5 atom stereocenters. The number of unbranched alkanes of at least 4 members (excludes halogenated alkanes) is 65. The minimum atomic E-state index is -4.97. The summed E-state index contributed by atoms with van der Waals surface area (Å²) in [5.74, 6) is -1.30. The zero-order chi connectivity index (χ0) is 81.8. The quantitative estimate of drug-likeness (QED) is 0.0222. The second-order valence-electron chi connectivity index (χ2n) is 33.9. The number of aliphatic hydroxyl groups is 1. The Morgan fingerprint density at radius 2 is 0.411 bits per heavy atom. The highest BCUT2D eigenvalue weighted by atomic mass is 31.2. The fourth-order valence-electron chi connectivity index (χ4n) is 14.7. The summed E-state index contributed by atoms with van der Waals surface area (Å²) in [5.41, 5.74) is 0. The number of hydrogen-bond acceptors (Lipinski definition) is 15. The minimum Gasteiger partial charge on any atom is -0.462 e. The van der Waals surface area contributed by atoms with Crippen molar-refractivity contribution in [2.24, 2.45) is 5.92 Å². The predicted molar refractivity (Wildman–Crippen MR) is 465 cm³/mol. The van der Waals surface area contributed by atoms with E-state index in [1.807, 2.05) is 0 Å². The van der Waals surface area contributed by atoms with Crippen LogP contribution < -0.4 is 0 Å². The van der Waals surface area contributed by atoms with Crippen LogP contribution in [0.15, 0.2) is 0 Å². The van der Waals surface area contributed by atoms with Crippen LogP contribution in [0.2, 0.25) is 0 Å². The molecule has 0 aliphatic rings. The van der Waals surface area contributed by atoms with Gasteiger partial charge in [0.2, 0.25) is 0 Å². The molecule has 0 aromatic rings. The lowest BCUT2D eigenvalue weighted by Crippen LogP contribution is -2.30. The Kier molecular flexibility index (Phi) is 84.0. The van der Waals surface area contributed by atoms with E-state index in [1.165, 1.54) is 334 Å². The lowest BCUT2D eigenvalue weighted by molar-refractivity contribution is -0.161. The summed E-state index contributed by atoms with van der Waals surface area (Å²) >= 11 is 0. The molecule has 0 saturated heterocycles. The zero-order valence-electron chi connectivity index (χ0n) is 73.8. The standard InChI is InChI=1S/C93H182O17P2/c1-6-9-12-15-18-21-24-27-29-31-33-35-36-38-40-42-48-53-58-63-68-73-78-92(97)109-89(83-104-91(96)77-72-67-62-57-52-47-41-39-37-34-32-30-28-25-22-19-16-13-10-7-2)85-108-112(101,102)106-81-87(94)80-105-111(99,100)107-84-88(82-103-90(95)76-71-66-61-56-51-45-26-23-20-17-14-11-8-3)110-93(98)79-74-69-64-59-54-49-44-43-46-50-55-60-65-70-75-86(4)5/h86-89,94H,6-85H2,1-5H3,(H,99,100)(H,101,102)/t87-,88+,89+/m0/s1. The van der Waals surface area contributed by atoms with Crippen molar-refractivity contribution in [3.63, 3.8) is 0 Å². The van der Waals surface area contributed by atoms with Crippen LogP contribution in [0.4, 0.5) is 0 Å². The number of phosphoric acid groups is 2. The monoisotopic (exact) mass is 1630 g/mol. The molecule has 3 N–H and O–H groups in total. The van der Waals surface area contributed by atoms with E-state index >= 15 is 0 Å². The highest BCUT2D eigenvalue weighted by Gasteiger charge is 2.31.